The van der Waals surface area contributed by atoms with Crippen molar-refractivity contribution in [2.24, 2.45) is 0 Å². The summed E-state index contributed by atoms with van der Waals surface area (Å²) in [7, 11) is 0. The average molecular weight is 261 g/mol. The number of aryl methyl sites for hydroxylation is 1. The van der Waals surface area contributed by atoms with Crippen molar-refractivity contribution in [1.29, 1.82) is 0 Å². The molecule has 0 heterocycles. The topological polar surface area (TPSA) is 52.5 Å². The standard InChI is InChI=1S/C15H16FNO2/c1-9-8-11(16)6-7-12(9)17-10(2)15-13(18)4-3-5-14(15)19/h3-8,10,17-19H,1-2H3. The van der Waals surface area contributed by atoms with E-state index >= 15 is 0 Å². The Morgan fingerprint density at radius 3 is 2.32 bits per heavy atom. The van der Waals surface area contributed by atoms with Gasteiger partial charge in [-0.2, -0.15) is 0 Å². The molecule has 3 nitrogen and oxygen atoms in total. The van der Waals surface area contributed by atoms with E-state index in [-0.39, 0.29) is 23.4 Å². The second-order valence-electron chi connectivity index (χ2n) is 4.54. The fourth-order valence-electron chi connectivity index (χ4n) is 2.08. The first-order chi connectivity index (χ1) is 8.99. The molecule has 0 spiro atoms. The average Bonchev–Trinajstić information content (AvgIpc) is 2.32. The molecule has 2 aromatic carbocycles. The summed E-state index contributed by atoms with van der Waals surface area (Å²) in [6, 6.07) is 8.75. The van der Waals surface area contributed by atoms with Crippen molar-refractivity contribution in [3.63, 3.8) is 0 Å². The molecule has 100 valence electrons. The molecule has 0 amide bonds. The Hall–Kier alpha value is -2.23. The van der Waals surface area contributed by atoms with Gasteiger partial charge < -0.3 is 15.5 Å². The zero-order valence-electron chi connectivity index (χ0n) is 10.8. The van der Waals surface area contributed by atoms with Crippen molar-refractivity contribution in [2.75, 3.05) is 5.32 Å². The SMILES string of the molecule is Cc1cc(F)ccc1NC(C)c1c(O)cccc1O. The Kier molecular flexibility index (Phi) is 3.60. The minimum Gasteiger partial charge on any atom is -0.507 e. The first kappa shape index (κ1) is 13.2. The maximum atomic E-state index is 13.0. The number of anilines is 1. The van der Waals surface area contributed by atoms with E-state index in [9.17, 15) is 14.6 Å². The molecule has 0 saturated carbocycles. The van der Waals surface area contributed by atoms with Gasteiger partial charge in [-0.25, -0.2) is 4.39 Å². The second kappa shape index (κ2) is 5.18. The minimum absolute atomic E-state index is 0.0276. The van der Waals surface area contributed by atoms with Crippen LogP contribution in [-0.4, -0.2) is 10.2 Å². The molecule has 1 unspecified atom stereocenters. The summed E-state index contributed by atoms with van der Waals surface area (Å²) in [5.41, 5.74) is 1.95. The quantitative estimate of drug-likeness (QED) is 0.789. The van der Waals surface area contributed by atoms with Gasteiger partial charge in [0.25, 0.3) is 0 Å². The number of nitrogens with one attached hydrogen (secondary N) is 1. The third-order valence-electron chi connectivity index (χ3n) is 3.05. The number of halogens is 1. The van der Waals surface area contributed by atoms with Crippen LogP contribution in [0.2, 0.25) is 0 Å². The lowest BCUT2D eigenvalue weighted by Crippen LogP contribution is -2.08. The fourth-order valence-corrected chi connectivity index (χ4v) is 2.08. The van der Waals surface area contributed by atoms with E-state index < -0.39 is 0 Å². The highest BCUT2D eigenvalue weighted by Gasteiger charge is 2.15. The van der Waals surface area contributed by atoms with Gasteiger partial charge in [0.2, 0.25) is 0 Å². The van der Waals surface area contributed by atoms with Crippen molar-refractivity contribution >= 4 is 5.69 Å². The van der Waals surface area contributed by atoms with Gasteiger partial charge >= 0.3 is 0 Å². The van der Waals surface area contributed by atoms with Crippen molar-refractivity contribution in [3.05, 3.63) is 53.3 Å². The van der Waals surface area contributed by atoms with Crippen molar-refractivity contribution in [2.45, 2.75) is 19.9 Å². The smallest absolute Gasteiger partial charge is 0.124 e. The van der Waals surface area contributed by atoms with Crippen molar-refractivity contribution < 1.29 is 14.6 Å². The Morgan fingerprint density at radius 2 is 1.74 bits per heavy atom. The molecule has 2 rings (SSSR count). The Balaban J connectivity index is 2.28. The normalized spacial score (nSPS) is 12.2. The number of benzene rings is 2. The largest absolute Gasteiger partial charge is 0.507 e. The highest BCUT2D eigenvalue weighted by molar-refractivity contribution is 5.55. The van der Waals surface area contributed by atoms with E-state index in [4.69, 9.17) is 0 Å². The number of phenols is 2. The number of phenolic OH excluding ortho intramolecular Hbond substituents is 2. The lowest BCUT2D eigenvalue weighted by atomic mass is 10.0. The molecule has 0 saturated heterocycles. The van der Waals surface area contributed by atoms with Crippen LogP contribution < -0.4 is 5.32 Å². The van der Waals surface area contributed by atoms with Crippen LogP contribution in [0.4, 0.5) is 10.1 Å². The summed E-state index contributed by atoms with van der Waals surface area (Å²) in [5.74, 6) is -0.236. The minimum atomic E-state index is -0.301. The van der Waals surface area contributed by atoms with Crippen molar-refractivity contribution in [1.82, 2.24) is 0 Å². The van der Waals surface area contributed by atoms with Gasteiger partial charge in [-0.15, -0.1) is 0 Å². The Labute approximate surface area is 111 Å². The highest BCUT2D eigenvalue weighted by Crippen LogP contribution is 2.34. The van der Waals surface area contributed by atoms with Crippen molar-refractivity contribution in [3.8, 4) is 11.5 Å². The van der Waals surface area contributed by atoms with Gasteiger partial charge in [0.15, 0.2) is 0 Å². The number of hydrogen-bond donors (Lipinski definition) is 3. The van der Waals surface area contributed by atoms with Crippen LogP contribution in [0, 0.1) is 12.7 Å². The third-order valence-corrected chi connectivity index (χ3v) is 3.05. The zero-order chi connectivity index (χ0) is 14.0. The lowest BCUT2D eigenvalue weighted by molar-refractivity contribution is 0.434. The molecule has 0 radical (unpaired) electrons. The predicted molar refractivity (Wildman–Crippen MR) is 72.9 cm³/mol. The van der Waals surface area contributed by atoms with Gasteiger partial charge in [-0.1, -0.05) is 6.07 Å². The molecule has 0 aliphatic heterocycles. The Bertz CT molecular complexity index is 578. The van der Waals surface area contributed by atoms with E-state index in [0.717, 1.165) is 11.3 Å². The first-order valence-electron chi connectivity index (χ1n) is 6.02. The van der Waals surface area contributed by atoms with E-state index in [1.165, 1.54) is 24.3 Å². The summed E-state index contributed by atoms with van der Waals surface area (Å²) in [6.07, 6.45) is 0. The molecular formula is C15H16FNO2. The molecule has 2 aromatic rings. The third kappa shape index (κ3) is 2.78. The molecule has 4 heteroatoms. The molecule has 3 N–H and O–H groups in total. The molecule has 0 fully saturated rings. The molecule has 0 aliphatic rings. The highest BCUT2D eigenvalue weighted by atomic mass is 19.1. The zero-order valence-corrected chi connectivity index (χ0v) is 10.8. The molecular weight excluding hydrogens is 245 g/mol. The molecule has 0 bridgehead atoms. The van der Waals surface area contributed by atoms with Gasteiger partial charge in [-0.3, -0.25) is 0 Å². The van der Waals surface area contributed by atoms with E-state index in [2.05, 4.69) is 5.32 Å². The molecule has 0 aromatic heterocycles. The maximum absolute atomic E-state index is 13.0. The predicted octanol–water partition coefficient (Wildman–Crippen LogP) is 3.72. The summed E-state index contributed by atoms with van der Waals surface area (Å²) in [6.45, 7) is 3.61. The molecule has 0 aliphatic carbocycles. The van der Waals surface area contributed by atoms with Crippen LogP contribution in [0.5, 0.6) is 11.5 Å². The van der Waals surface area contributed by atoms with Crippen LogP contribution in [0.1, 0.15) is 24.1 Å². The maximum Gasteiger partial charge on any atom is 0.124 e. The second-order valence-corrected chi connectivity index (χ2v) is 4.54. The van der Waals surface area contributed by atoms with Crippen LogP contribution in [-0.2, 0) is 0 Å². The van der Waals surface area contributed by atoms with Crippen LogP contribution in [0.3, 0.4) is 0 Å². The van der Waals surface area contributed by atoms with Gasteiger partial charge in [-0.05, 0) is 49.7 Å². The van der Waals surface area contributed by atoms with Crippen LogP contribution >= 0.6 is 0 Å². The summed E-state index contributed by atoms with van der Waals surface area (Å²) >= 11 is 0. The van der Waals surface area contributed by atoms with Gasteiger partial charge in [0.1, 0.15) is 17.3 Å². The first-order valence-corrected chi connectivity index (χ1v) is 6.02. The summed E-state index contributed by atoms with van der Waals surface area (Å²) in [4.78, 5) is 0. The number of hydrogen-bond acceptors (Lipinski definition) is 3. The van der Waals surface area contributed by atoms with E-state index in [1.54, 1.807) is 19.1 Å². The number of aromatic hydroxyl groups is 2. The van der Waals surface area contributed by atoms with Crippen LogP contribution in [0.15, 0.2) is 36.4 Å². The number of rotatable bonds is 3. The van der Waals surface area contributed by atoms with Gasteiger partial charge in [0, 0.05) is 5.69 Å². The lowest BCUT2D eigenvalue weighted by Gasteiger charge is -2.19. The fraction of sp³-hybridized carbons (Fsp3) is 0.200. The van der Waals surface area contributed by atoms with E-state index in [1.807, 2.05) is 6.92 Å². The van der Waals surface area contributed by atoms with E-state index in [0.29, 0.717) is 5.56 Å². The van der Waals surface area contributed by atoms with Crippen LogP contribution in [0.25, 0.3) is 0 Å². The Morgan fingerprint density at radius 1 is 1.11 bits per heavy atom. The summed E-state index contributed by atoms with van der Waals surface area (Å²) in [5, 5.41) is 22.7. The molecule has 1 atom stereocenters. The monoisotopic (exact) mass is 261 g/mol. The summed E-state index contributed by atoms with van der Waals surface area (Å²) < 4.78 is 13.0. The van der Waals surface area contributed by atoms with Gasteiger partial charge in [0.05, 0.1) is 11.6 Å². The molecule has 19 heavy (non-hydrogen) atoms.